The number of nitrogens with zero attached hydrogens (tertiary/aromatic N) is 4. The molecule has 0 radical (unpaired) electrons. The lowest BCUT2D eigenvalue weighted by Gasteiger charge is -2.28. The van der Waals surface area contributed by atoms with Crippen LogP contribution >= 0.6 is 11.8 Å². The van der Waals surface area contributed by atoms with Crippen molar-refractivity contribution in [2.75, 3.05) is 23.3 Å². The van der Waals surface area contributed by atoms with Crippen molar-refractivity contribution in [3.63, 3.8) is 0 Å². The predicted molar refractivity (Wildman–Crippen MR) is 110 cm³/mol. The Balaban J connectivity index is 1.42. The van der Waals surface area contributed by atoms with E-state index < -0.39 is 17.0 Å². The summed E-state index contributed by atoms with van der Waals surface area (Å²) < 4.78 is 40.2. The lowest BCUT2D eigenvalue weighted by molar-refractivity contribution is -0.137. The molecule has 4 rings (SSSR count). The van der Waals surface area contributed by atoms with Gasteiger partial charge in [-0.1, -0.05) is 11.8 Å². The molecule has 1 aliphatic carbocycles. The number of carbonyl (C=O) groups is 1. The first-order valence-corrected chi connectivity index (χ1v) is 11.1. The summed E-state index contributed by atoms with van der Waals surface area (Å²) in [7, 11) is 0. The third kappa shape index (κ3) is 4.74. The smallest absolute Gasteiger partial charge is 0.341 e. The average Bonchev–Trinajstić information content (AvgIpc) is 3.48. The first-order valence-electron chi connectivity index (χ1n) is 10.2. The minimum Gasteiger partial charge on any atom is -0.341 e. The summed E-state index contributed by atoms with van der Waals surface area (Å²) in [6.45, 7) is 3.70. The van der Waals surface area contributed by atoms with Gasteiger partial charge in [-0.25, -0.2) is 0 Å². The maximum Gasteiger partial charge on any atom is 0.416 e. The number of nitrogens with one attached hydrogen (secondary N) is 1. The van der Waals surface area contributed by atoms with Crippen molar-refractivity contribution in [3.8, 4) is 0 Å². The number of benzene rings is 1. The van der Waals surface area contributed by atoms with E-state index in [1.807, 2.05) is 0 Å². The van der Waals surface area contributed by atoms with Crippen LogP contribution in [0, 0.1) is 0 Å². The Hall–Kier alpha value is -2.23. The molecule has 1 unspecified atom stereocenters. The molecule has 10 heteroatoms. The number of thioether (sulfide) groups is 1. The molecule has 30 heavy (non-hydrogen) atoms. The van der Waals surface area contributed by atoms with Gasteiger partial charge < -0.3 is 10.2 Å². The zero-order chi connectivity index (χ0) is 21.3. The predicted octanol–water partition coefficient (Wildman–Crippen LogP) is 4.74. The molecule has 1 atom stereocenters. The fraction of sp³-hybridized carbons (Fsp3) is 0.550. The Morgan fingerprint density at radius 1 is 1.13 bits per heavy atom. The third-order valence-corrected chi connectivity index (χ3v) is 6.39. The van der Waals surface area contributed by atoms with Crippen LogP contribution in [-0.4, -0.2) is 39.0 Å². The van der Waals surface area contributed by atoms with Crippen molar-refractivity contribution in [3.05, 3.63) is 29.8 Å². The quantitative estimate of drug-likeness (QED) is 0.659. The highest BCUT2D eigenvalue weighted by atomic mass is 32.2. The van der Waals surface area contributed by atoms with E-state index in [-0.39, 0.29) is 5.91 Å². The molecule has 1 saturated carbocycles. The Labute approximate surface area is 177 Å². The van der Waals surface area contributed by atoms with Gasteiger partial charge in [-0.15, -0.1) is 10.2 Å². The van der Waals surface area contributed by atoms with Crippen LogP contribution in [0.15, 0.2) is 29.4 Å². The Bertz CT molecular complexity index is 889. The topological polar surface area (TPSA) is 63.1 Å². The average molecular weight is 440 g/mol. The molecule has 6 nitrogen and oxygen atoms in total. The van der Waals surface area contributed by atoms with E-state index in [2.05, 4.69) is 25.0 Å². The number of hydrogen-bond donors (Lipinski definition) is 1. The van der Waals surface area contributed by atoms with Crippen LogP contribution in [0.3, 0.4) is 0 Å². The first kappa shape index (κ1) is 21.0. The molecule has 2 aliphatic rings. The highest BCUT2D eigenvalue weighted by Crippen LogP contribution is 2.42. The normalized spacial score (nSPS) is 18.3. The van der Waals surface area contributed by atoms with Crippen molar-refractivity contribution >= 4 is 29.3 Å². The summed E-state index contributed by atoms with van der Waals surface area (Å²) in [6, 6.07) is 4.83. The maximum absolute atomic E-state index is 12.7. The molecule has 2 heterocycles. The molecular weight excluding hydrogens is 415 g/mol. The van der Waals surface area contributed by atoms with Crippen LogP contribution in [0.2, 0.25) is 0 Å². The van der Waals surface area contributed by atoms with Crippen LogP contribution in [0.4, 0.5) is 24.8 Å². The van der Waals surface area contributed by atoms with Crippen LogP contribution in [0.1, 0.15) is 50.6 Å². The number of anilines is 2. The molecular formula is C20H24F3N5OS. The second-order valence-corrected chi connectivity index (χ2v) is 9.06. The molecule has 1 aromatic heterocycles. The molecule has 1 N–H and O–H groups in total. The summed E-state index contributed by atoms with van der Waals surface area (Å²) >= 11 is 1.33. The monoisotopic (exact) mass is 439 g/mol. The second kappa shape index (κ2) is 8.49. The number of rotatable bonds is 6. The van der Waals surface area contributed by atoms with E-state index in [0.717, 1.165) is 56.9 Å². The van der Waals surface area contributed by atoms with Gasteiger partial charge in [0.05, 0.1) is 10.8 Å². The van der Waals surface area contributed by atoms with Gasteiger partial charge in [0.1, 0.15) is 0 Å². The second-order valence-electron chi connectivity index (χ2n) is 7.76. The van der Waals surface area contributed by atoms with E-state index in [0.29, 0.717) is 16.9 Å². The Morgan fingerprint density at radius 2 is 1.80 bits per heavy atom. The minimum absolute atomic E-state index is 0.287. The lowest BCUT2D eigenvalue weighted by atomic mass is 10.1. The lowest BCUT2D eigenvalue weighted by Crippen LogP contribution is -2.32. The Kier molecular flexibility index (Phi) is 5.95. The first-order chi connectivity index (χ1) is 14.3. The van der Waals surface area contributed by atoms with E-state index in [1.165, 1.54) is 30.3 Å². The zero-order valence-corrected chi connectivity index (χ0v) is 17.5. The van der Waals surface area contributed by atoms with Crippen molar-refractivity contribution < 1.29 is 18.0 Å². The van der Waals surface area contributed by atoms with Gasteiger partial charge >= 0.3 is 6.18 Å². The summed E-state index contributed by atoms with van der Waals surface area (Å²) in [4.78, 5) is 14.9. The van der Waals surface area contributed by atoms with E-state index in [1.54, 1.807) is 6.92 Å². The van der Waals surface area contributed by atoms with Gasteiger partial charge in [-0.2, -0.15) is 13.2 Å². The van der Waals surface area contributed by atoms with Gasteiger partial charge in [0, 0.05) is 24.8 Å². The van der Waals surface area contributed by atoms with E-state index in [9.17, 15) is 18.0 Å². The molecule has 2 aromatic rings. The van der Waals surface area contributed by atoms with Gasteiger partial charge in [0.15, 0.2) is 5.16 Å². The number of amides is 1. The third-order valence-electron chi connectivity index (χ3n) is 5.33. The van der Waals surface area contributed by atoms with Crippen molar-refractivity contribution in [2.24, 2.45) is 0 Å². The number of alkyl halides is 3. The molecule has 2 fully saturated rings. The minimum atomic E-state index is -4.40. The van der Waals surface area contributed by atoms with Gasteiger partial charge in [0.2, 0.25) is 11.9 Å². The molecule has 1 aliphatic heterocycles. The van der Waals surface area contributed by atoms with Gasteiger partial charge in [-0.3, -0.25) is 9.36 Å². The van der Waals surface area contributed by atoms with Gasteiger partial charge in [0.25, 0.3) is 0 Å². The highest BCUT2D eigenvalue weighted by molar-refractivity contribution is 8.00. The van der Waals surface area contributed by atoms with E-state index >= 15 is 0 Å². The maximum atomic E-state index is 12.7. The van der Waals surface area contributed by atoms with Crippen LogP contribution in [-0.2, 0) is 11.0 Å². The molecule has 1 aromatic carbocycles. The largest absolute Gasteiger partial charge is 0.416 e. The van der Waals surface area contributed by atoms with Crippen molar-refractivity contribution in [1.82, 2.24) is 14.8 Å². The van der Waals surface area contributed by atoms with Crippen molar-refractivity contribution in [1.29, 1.82) is 0 Å². The molecule has 1 saturated heterocycles. The Morgan fingerprint density at radius 3 is 2.40 bits per heavy atom. The van der Waals surface area contributed by atoms with Crippen LogP contribution in [0.5, 0.6) is 0 Å². The number of carbonyl (C=O) groups excluding carboxylic acids is 1. The van der Waals surface area contributed by atoms with E-state index in [4.69, 9.17) is 0 Å². The zero-order valence-electron chi connectivity index (χ0n) is 16.7. The SMILES string of the molecule is CC(Sc1nnc(N2CCCCC2)n1C1CC1)C(=O)Nc1ccc(C(F)(F)F)cc1. The van der Waals surface area contributed by atoms with Crippen LogP contribution in [0.25, 0.3) is 0 Å². The van der Waals surface area contributed by atoms with Gasteiger partial charge in [-0.05, 0) is 63.3 Å². The molecule has 162 valence electrons. The highest BCUT2D eigenvalue weighted by Gasteiger charge is 2.33. The molecule has 0 bridgehead atoms. The summed E-state index contributed by atoms with van der Waals surface area (Å²) in [5, 5.41) is 11.7. The number of piperidine rings is 1. The van der Waals surface area contributed by atoms with Crippen LogP contribution < -0.4 is 10.2 Å². The number of aromatic nitrogens is 3. The molecule has 0 spiro atoms. The molecule has 1 amide bonds. The fourth-order valence-electron chi connectivity index (χ4n) is 3.51. The summed E-state index contributed by atoms with van der Waals surface area (Å²) in [5.41, 5.74) is -0.413. The van der Waals surface area contributed by atoms with Crippen molar-refractivity contribution in [2.45, 2.75) is 61.7 Å². The fourth-order valence-corrected chi connectivity index (χ4v) is 4.42. The number of hydrogen-bond acceptors (Lipinski definition) is 5. The summed E-state index contributed by atoms with van der Waals surface area (Å²) in [6.07, 6.45) is 1.29. The standard InChI is InChI=1S/C20H24F3N5OS/c1-13(17(29)24-15-7-5-14(6-8-15)20(21,22)23)30-19-26-25-18(28(19)16-9-10-16)27-11-3-2-4-12-27/h5-8,13,16H,2-4,9-12H2,1H3,(H,24,29). The number of halogens is 3. The summed E-state index contributed by atoms with van der Waals surface area (Å²) in [5.74, 6) is 0.597.